The normalized spacial score (nSPS) is 13.1. The number of aryl methyl sites for hydroxylation is 1. The number of carboxylic acid groups (broad SMARTS) is 1. The Bertz CT molecular complexity index is 614. The van der Waals surface area contributed by atoms with Crippen LogP contribution in [0, 0.1) is 5.92 Å². The Hall–Kier alpha value is -1.84. The molecule has 2 aromatic rings. The average Bonchev–Trinajstić information content (AvgIpc) is 2.74. The highest BCUT2D eigenvalue weighted by atomic mass is 16.4. The fraction of sp³-hybridized carbons (Fsp3) is 0.467. The number of fused-ring (bicyclic) bond motifs is 1. The van der Waals surface area contributed by atoms with E-state index < -0.39 is 5.97 Å². The SMILES string of the molecule is CCc1nc2ccc(C(=O)O)cc2n1C(C)C(C)C. The molecule has 0 saturated heterocycles. The number of carboxylic acids is 1. The summed E-state index contributed by atoms with van der Waals surface area (Å²) in [6.45, 7) is 8.55. The highest BCUT2D eigenvalue weighted by molar-refractivity contribution is 5.92. The lowest BCUT2D eigenvalue weighted by Gasteiger charge is -2.20. The molecule has 19 heavy (non-hydrogen) atoms. The van der Waals surface area contributed by atoms with Crippen LogP contribution in [0.2, 0.25) is 0 Å². The lowest BCUT2D eigenvalue weighted by atomic mass is 10.1. The Balaban J connectivity index is 2.70. The third kappa shape index (κ3) is 2.35. The molecule has 0 aliphatic heterocycles. The number of benzene rings is 1. The molecule has 0 aliphatic rings. The van der Waals surface area contributed by atoms with E-state index in [-0.39, 0.29) is 0 Å². The Morgan fingerprint density at radius 3 is 2.58 bits per heavy atom. The van der Waals surface area contributed by atoms with Gasteiger partial charge in [-0.05, 0) is 31.0 Å². The van der Waals surface area contributed by atoms with Gasteiger partial charge in [0.05, 0.1) is 16.6 Å². The molecule has 1 heterocycles. The minimum Gasteiger partial charge on any atom is -0.478 e. The molecule has 0 fully saturated rings. The minimum absolute atomic E-state index is 0.295. The number of rotatable bonds is 4. The topological polar surface area (TPSA) is 55.1 Å². The van der Waals surface area contributed by atoms with Crippen LogP contribution in [0.1, 0.15) is 49.9 Å². The molecule has 1 aromatic carbocycles. The quantitative estimate of drug-likeness (QED) is 0.915. The first-order chi connectivity index (χ1) is 8.95. The first kappa shape index (κ1) is 13.6. The lowest BCUT2D eigenvalue weighted by Crippen LogP contribution is -2.14. The third-order valence-electron chi connectivity index (χ3n) is 3.70. The van der Waals surface area contributed by atoms with E-state index in [0.29, 0.717) is 17.5 Å². The van der Waals surface area contributed by atoms with Crippen molar-refractivity contribution < 1.29 is 9.90 Å². The molecule has 4 heteroatoms. The van der Waals surface area contributed by atoms with Crippen molar-refractivity contribution in [3.8, 4) is 0 Å². The molecule has 0 amide bonds. The van der Waals surface area contributed by atoms with Gasteiger partial charge in [0.2, 0.25) is 0 Å². The van der Waals surface area contributed by atoms with Crippen molar-refractivity contribution in [2.45, 2.75) is 40.2 Å². The monoisotopic (exact) mass is 260 g/mol. The van der Waals surface area contributed by atoms with Crippen LogP contribution < -0.4 is 0 Å². The van der Waals surface area contributed by atoms with Crippen LogP contribution in [0.3, 0.4) is 0 Å². The fourth-order valence-electron chi connectivity index (χ4n) is 2.28. The van der Waals surface area contributed by atoms with Gasteiger partial charge in [0.15, 0.2) is 0 Å². The van der Waals surface area contributed by atoms with E-state index in [1.807, 2.05) is 0 Å². The number of imidazole rings is 1. The molecule has 2 rings (SSSR count). The van der Waals surface area contributed by atoms with Gasteiger partial charge in [0.25, 0.3) is 0 Å². The molecule has 1 atom stereocenters. The van der Waals surface area contributed by atoms with Gasteiger partial charge in [-0.15, -0.1) is 0 Å². The second-order valence-electron chi connectivity index (χ2n) is 5.24. The van der Waals surface area contributed by atoms with Gasteiger partial charge in [0.1, 0.15) is 5.82 Å². The number of hydrogen-bond acceptors (Lipinski definition) is 2. The van der Waals surface area contributed by atoms with Gasteiger partial charge in [-0.3, -0.25) is 0 Å². The van der Waals surface area contributed by atoms with Crippen LogP contribution in [0.25, 0.3) is 11.0 Å². The number of aromatic carboxylic acids is 1. The van der Waals surface area contributed by atoms with Gasteiger partial charge >= 0.3 is 5.97 Å². The van der Waals surface area contributed by atoms with Gasteiger partial charge in [-0.1, -0.05) is 20.8 Å². The zero-order valence-electron chi connectivity index (χ0n) is 11.8. The van der Waals surface area contributed by atoms with Crippen molar-refractivity contribution in [3.63, 3.8) is 0 Å². The predicted octanol–water partition coefficient (Wildman–Crippen LogP) is 3.51. The fourth-order valence-corrected chi connectivity index (χ4v) is 2.28. The van der Waals surface area contributed by atoms with E-state index in [0.717, 1.165) is 23.3 Å². The molecule has 4 nitrogen and oxygen atoms in total. The number of aromatic nitrogens is 2. The molecule has 1 N–H and O–H groups in total. The highest BCUT2D eigenvalue weighted by Gasteiger charge is 2.18. The highest BCUT2D eigenvalue weighted by Crippen LogP contribution is 2.27. The Morgan fingerprint density at radius 2 is 2.05 bits per heavy atom. The first-order valence-corrected chi connectivity index (χ1v) is 6.69. The maximum Gasteiger partial charge on any atom is 0.335 e. The summed E-state index contributed by atoms with van der Waals surface area (Å²) < 4.78 is 2.17. The number of hydrogen-bond donors (Lipinski definition) is 1. The standard InChI is InChI=1S/C15H20N2O2/c1-5-14-16-12-7-6-11(15(18)19)8-13(12)17(14)10(4)9(2)3/h6-10H,5H2,1-4H3,(H,18,19). The maximum absolute atomic E-state index is 11.1. The molecule has 0 bridgehead atoms. The van der Waals surface area contributed by atoms with Crippen molar-refractivity contribution >= 4 is 17.0 Å². The van der Waals surface area contributed by atoms with Gasteiger partial charge < -0.3 is 9.67 Å². The zero-order chi connectivity index (χ0) is 14.2. The van der Waals surface area contributed by atoms with Gasteiger partial charge in [-0.2, -0.15) is 0 Å². The molecule has 1 aromatic heterocycles. The van der Waals surface area contributed by atoms with Crippen LogP contribution in [-0.4, -0.2) is 20.6 Å². The minimum atomic E-state index is -0.898. The first-order valence-electron chi connectivity index (χ1n) is 6.69. The van der Waals surface area contributed by atoms with Crippen molar-refractivity contribution in [1.29, 1.82) is 0 Å². The molecular formula is C15H20N2O2. The third-order valence-corrected chi connectivity index (χ3v) is 3.70. The number of carbonyl (C=O) groups is 1. The van der Waals surface area contributed by atoms with Crippen LogP contribution >= 0.6 is 0 Å². The predicted molar refractivity (Wildman–Crippen MR) is 75.6 cm³/mol. The maximum atomic E-state index is 11.1. The summed E-state index contributed by atoms with van der Waals surface area (Å²) >= 11 is 0. The van der Waals surface area contributed by atoms with E-state index in [1.165, 1.54) is 0 Å². The van der Waals surface area contributed by atoms with E-state index in [1.54, 1.807) is 18.2 Å². The lowest BCUT2D eigenvalue weighted by molar-refractivity contribution is 0.0697. The summed E-state index contributed by atoms with van der Waals surface area (Å²) in [5.41, 5.74) is 2.10. The van der Waals surface area contributed by atoms with Crippen molar-refractivity contribution in [2.24, 2.45) is 5.92 Å². The summed E-state index contributed by atoms with van der Waals surface area (Å²) in [6, 6.07) is 5.43. The average molecular weight is 260 g/mol. The largest absolute Gasteiger partial charge is 0.478 e. The second-order valence-corrected chi connectivity index (χ2v) is 5.24. The van der Waals surface area contributed by atoms with E-state index in [4.69, 9.17) is 5.11 Å². The Labute approximate surface area is 113 Å². The van der Waals surface area contributed by atoms with Crippen molar-refractivity contribution in [3.05, 3.63) is 29.6 Å². The van der Waals surface area contributed by atoms with Crippen molar-refractivity contribution in [2.75, 3.05) is 0 Å². The van der Waals surface area contributed by atoms with Crippen LogP contribution in [0.5, 0.6) is 0 Å². The van der Waals surface area contributed by atoms with Crippen LogP contribution in [0.15, 0.2) is 18.2 Å². The molecule has 102 valence electrons. The second kappa shape index (κ2) is 5.03. The van der Waals surface area contributed by atoms with E-state index >= 15 is 0 Å². The summed E-state index contributed by atoms with van der Waals surface area (Å²) in [6.07, 6.45) is 0.841. The molecule has 0 saturated carbocycles. The molecule has 0 aliphatic carbocycles. The Morgan fingerprint density at radius 1 is 1.37 bits per heavy atom. The molecule has 0 radical (unpaired) electrons. The summed E-state index contributed by atoms with van der Waals surface area (Å²) in [5.74, 6) is 0.583. The zero-order valence-corrected chi connectivity index (χ0v) is 11.8. The molecular weight excluding hydrogens is 240 g/mol. The summed E-state index contributed by atoms with van der Waals surface area (Å²) in [4.78, 5) is 15.7. The van der Waals surface area contributed by atoms with Gasteiger partial charge in [0, 0.05) is 12.5 Å². The molecule has 0 spiro atoms. The van der Waals surface area contributed by atoms with E-state index in [2.05, 4.69) is 37.2 Å². The molecule has 1 unspecified atom stereocenters. The van der Waals surface area contributed by atoms with Crippen LogP contribution in [0.4, 0.5) is 0 Å². The number of nitrogens with zero attached hydrogens (tertiary/aromatic N) is 2. The van der Waals surface area contributed by atoms with E-state index in [9.17, 15) is 4.79 Å². The van der Waals surface area contributed by atoms with Crippen LogP contribution in [-0.2, 0) is 6.42 Å². The smallest absolute Gasteiger partial charge is 0.335 e. The Kier molecular flexibility index (Phi) is 3.60. The summed E-state index contributed by atoms with van der Waals surface area (Å²) in [5, 5.41) is 9.12. The summed E-state index contributed by atoms with van der Waals surface area (Å²) in [7, 11) is 0. The van der Waals surface area contributed by atoms with Crippen molar-refractivity contribution in [1.82, 2.24) is 9.55 Å². The van der Waals surface area contributed by atoms with Gasteiger partial charge in [-0.25, -0.2) is 9.78 Å².